The van der Waals surface area contributed by atoms with Gasteiger partial charge in [0.05, 0.1) is 0 Å². The van der Waals surface area contributed by atoms with Crippen molar-refractivity contribution in [1.82, 2.24) is 4.98 Å². The first kappa shape index (κ1) is 9.88. The Labute approximate surface area is 97.0 Å². The van der Waals surface area contributed by atoms with E-state index in [2.05, 4.69) is 41.2 Å². The molecule has 2 atom stereocenters. The molecule has 2 nitrogen and oxygen atoms in total. The van der Waals surface area contributed by atoms with Gasteiger partial charge in [-0.2, -0.15) is 0 Å². The first-order valence-electron chi connectivity index (χ1n) is 6.24. The molecule has 84 valence electrons. The molecule has 0 amide bonds. The fourth-order valence-corrected chi connectivity index (χ4v) is 2.88. The fourth-order valence-electron chi connectivity index (χ4n) is 2.88. The maximum absolute atomic E-state index is 4.53. The molecule has 16 heavy (non-hydrogen) atoms. The molecular formula is C14H18N2. The van der Waals surface area contributed by atoms with Gasteiger partial charge in [-0.1, -0.05) is 25.0 Å². The summed E-state index contributed by atoms with van der Waals surface area (Å²) in [5.74, 6) is 1.87. The Morgan fingerprint density at radius 2 is 2.12 bits per heavy atom. The number of aromatic nitrogens is 1. The molecule has 2 aliphatic rings. The maximum atomic E-state index is 4.53. The van der Waals surface area contributed by atoms with E-state index in [1.54, 1.807) is 0 Å². The molecule has 3 rings (SSSR count). The van der Waals surface area contributed by atoms with Crippen LogP contribution in [0.3, 0.4) is 0 Å². The summed E-state index contributed by atoms with van der Waals surface area (Å²) in [5, 5.41) is 0. The lowest BCUT2D eigenvalue weighted by atomic mass is 9.86. The minimum absolute atomic E-state index is 0.670. The van der Waals surface area contributed by atoms with E-state index in [0.717, 1.165) is 11.7 Å². The second-order valence-corrected chi connectivity index (χ2v) is 4.96. The largest absolute Gasteiger partial charge is 0.330 e. The number of nitrogens with zero attached hydrogens (tertiary/aromatic N) is 2. The van der Waals surface area contributed by atoms with E-state index < -0.39 is 0 Å². The lowest BCUT2D eigenvalue weighted by Crippen LogP contribution is -2.34. The molecule has 0 aromatic carbocycles. The third-order valence-corrected chi connectivity index (χ3v) is 3.79. The highest BCUT2D eigenvalue weighted by atomic mass is 15.2. The van der Waals surface area contributed by atoms with E-state index in [-0.39, 0.29) is 0 Å². The predicted octanol–water partition coefficient (Wildman–Crippen LogP) is 3.28. The number of hydrogen-bond acceptors (Lipinski definition) is 2. The second kappa shape index (κ2) is 3.93. The number of hydrogen-bond donors (Lipinski definition) is 0. The van der Waals surface area contributed by atoms with Crippen LogP contribution in [0.1, 0.15) is 31.2 Å². The molecule has 1 aliphatic heterocycles. The predicted molar refractivity (Wildman–Crippen MR) is 66.3 cm³/mol. The first-order chi connectivity index (χ1) is 7.84. The van der Waals surface area contributed by atoms with Gasteiger partial charge in [0.1, 0.15) is 5.82 Å². The van der Waals surface area contributed by atoms with Crippen molar-refractivity contribution in [3.8, 4) is 0 Å². The lowest BCUT2D eigenvalue weighted by molar-refractivity contribution is 0.373. The van der Waals surface area contributed by atoms with Gasteiger partial charge in [-0.3, -0.25) is 0 Å². The summed E-state index contributed by atoms with van der Waals surface area (Å²) < 4.78 is 0. The SMILES string of the molecule is Cc1ccc(N2C=CC3CCCCC32)nc1. The van der Waals surface area contributed by atoms with Crippen LogP contribution in [0.25, 0.3) is 0 Å². The van der Waals surface area contributed by atoms with Crippen LogP contribution in [0.2, 0.25) is 0 Å². The molecule has 2 heteroatoms. The minimum Gasteiger partial charge on any atom is -0.330 e. The normalized spacial score (nSPS) is 28.2. The Bertz CT molecular complexity index is 394. The Balaban J connectivity index is 1.85. The molecule has 2 heterocycles. The van der Waals surface area contributed by atoms with Gasteiger partial charge < -0.3 is 4.90 Å². The Morgan fingerprint density at radius 3 is 2.94 bits per heavy atom. The zero-order chi connectivity index (χ0) is 11.0. The molecular weight excluding hydrogens is 196 g/mol. The van der Waals surface area contributed by atoms with Crippen molar-refractivity contribution < 1.29 is 0 Å². The zero-order valence-corrected chi connectivity index (χ0v) is 9.76. The number of anilines is 1. The summed E-state index contributed by atoms with van der Waals surface area (Å²) in [5.41, 5.74) is 1.23. The Kier molecular flexibility index (Phi) is 2.43. The highest BCUT2D eigenvalue weighted by Gasteiger charge is 2.32. The van der Waals surface area contributed by atoms with Crippen LogP contribution < -0.4 is 4.90 Å². The highest BCUT2D eigenvalue weighted by molar-refractivity contribution is 5.47. The molecule has 1 aromatic rings. The van der Waals surface area contributed by atoms with Crippen LogP contribution >= 0.6 is 0 Å². The quantitative estimate of drug-likeness (QED) is 0.713. The van der Waals surface area contributed by atoms with Gasteiger partial charge in [-0.25, -0.2) is 4.98 Å². The number of rotatable bonds is 1. The van der Waals surface area contributed by atoms with Crippen LogP contribution in [0, 0.1) is 12.8 Å². The molecule has 0 N–H and O–H groups in total. The summed E-state index contributed by atoms with van der Waals surface area (Å²) >= 11 is 0. The summed E-state index contributed by atoms with van der Waals surface area (Å²) in [4.78, 5) is 6.89. The fraction of sp³-hybridized carbons (Fsp3) is 0.500. The van der Waals surface area contributed by atoms with Crippen molar-refractivity contribution >= 4 is 5.82 Å². The van der Waals surface area contributed by atoms with Crippen molar-refractivity contribution in [3.63, 3.8) is 0 Å². The van der Waals surface area contributed by atoms with Crippen LogP contribution in [0.4, 0.5) is 5.82 Å². The van der Waals surface area contributed by atoms with E-state index >= 15 is 0 Å². The highest BCUT2D eigenvalue weighted by Crippen LogP contribution is 2.36. The van der Waals surface area contributed by atoms with Gasteiger partial charge in [0, 0.05) is 18.4 Å². The van der Waals surface area contributed by atoms with Crippen molar-refractivity contribution in [3.05, 3.63) is 36.2 Å². The van der Waals surface area contributed by atoms with Gasteiger partial charge in [-0.15, -0.1) is 0 Å². The van der Waals surface area contributed by atoms with Crippen molar-refractivity contribution in [2.75, 3.05) is 4.90 Å². The van der Waals surface area contributed by atoms with Crippen LogP contribution in [-0.2, 0) is 0 Å². The molecule has 2 unspecified atom stereocenters. The van der Waals surface area contributed by atoms with Gasteiger partial charge in [0.15, 0.2) is 0 Å². The first-order valence-corrected chi connectivity index (χ1v) is 6.24. The van der Waals surface area contributed by atoms with Crippen molar-refractivity contribution in [2.45, 2.75) is 38.6 Å². The van der Waals surface area contributed by atoms with Gasteiger partial charge >= 0.3 is 0 Å². The van der Waals surface area contributed by atoms with Gasteiger partial charge in [0.2, 0.25) is 0 Å². The number of fused-ring (bicyclic) bond motifs is 1. The maximum Gasteiger partial charge on any atom is 0.132 e. The summed E-state index contributed by atoms with van der Waals surface area (Å²) in [6.45, 7) is 2.08. The summed E-state index contributed by atoms with van der Waals surface area (Å²) in [7, 11) is 0. The number of pyridine rings is 1. The smallest absolute Gasteiger partial charge is 0.132 e. The third-order valence-electron chi connectivity index (χ3n) is 3.79. The van der Waals surface area contributed by atoms with Gasteiger partial charge in [-0.05, 0) is 37.3 Å². The molecule has 1 saturated carbocycles. The number of aryl methyl sites for hydroxylation is 1. The molecule has 1 aliphatic carbocycles. The molecule has 1 fully saturated rings. The lowest BCUT2D eigenvalue weighted by Gasteiger charge is -2.32. The summed E-state index contributed by atoms with van der Waals surface area (Å²) in [6.07, 6.45) is 12.0. The van der Waals surface area contributed by atoms with Crippen molar-refractivity contribution in [1.29, 1.82) is 0 Å². The summed E-state index contributed by atoms with van der Waals surface area (Å²) in [6, 6.07) is 4.95. The van der Waals surface area contributed by atoms with Crippen LogP contribution in [0.15, 0.2) is 30.6 Å². The van der Waals surface area contributed by atoms with E-state index in [0.29, 0.717) is 6.04 Å². The second-order valence-electron chi connectivity index (χ2n) is 4.96. The van der Waals surface area contributed by atoms with Gasteiger partial charge in [0.25, 0.3) is 0 Å². The molecule has 0 spiro atoms. The minimum atomic E-state index is 0.670. The Morgan fingerprint density at radius 1 is 1.25 bits per heavy atom. The van der Waals surface area contributed by atoms with E-state index in [1.165, 1.54) is 31.2 Å². The third kappa shape index (κ3) is 1.62. The molecule has 1 aromatic heterocycles. The molecule has 0 bridgehead atoms. The standard InChI is InChI=1S/C14H18N2/c1-11-6-7-14(15-10-11)16-9-8-12-4-2-3-5-13(12)16/h6-10,12-13H,2-5H2,1H3. The molecule has 0 radical (unpaired) electrons. The van der Waals surface area contributed by atoms with E-state index in [1.807, 2.05) is 6.20 Å². The van der Waals surface area contributed by atoms with E-state index in [9.17, 15) is 0 Å². The van der Waals surface area contributed by atoms with Crippen LogP contribution in [0.5, 0.6) is 0 Å². The van der Waals surface area contributed by atoms with Crippen LogP contribution in [-0.4, -0.2) is 11.0 Å². The molecule has 0 saturated heterocycles. The zero-order valence-electron chi connectivity index (χ0n) is 9.76. The average molecular weight is 214 g/mol. The Hall–Kier alpha value is -1.31. The topological polar surface area (TPSA) is 16.1 Å². The van der Waals surface area contributed by atoms with Crippen molar-refractivity contribution in [2.24, 2.45) is 5.92 Å². The monoisotopic (exact) mass is 214 g/mol. The average Bonchev–Trinajstić information content (AvgIpc) is 2.74. The van der Waals surface area contributed by atoms with E-state index in [4.69, 9.17) is 0 Å².